The van der Waals surface area contributed by atoms with E-state index in [-0.39, 0.29) is 0 Å². The van der Waals surface area contributed by atoms with Crippen molar-refractivity contribution < 1.29 is 0 Å². The maximum absolute atomic E-state index is 4.02. The van der Waals surface area contributed by atoms with Gasteiger partial charge in [-0.25, -0.2) is 0 Å². The lowest BCUT2D eigenvalue weighted by Gasteiger charge is -2.12. The molecule has 0 saturated carbocycles. The van der Waals surface area contributed by atoms with Gasteiger partial charge in [-0.1, -0.05) is 59.8 Å². The first kappa shape index (κ1) is 12.0. The van der Waals surface area contributed by atoms with Crippen molar-refractivity contribution in [2.24, 2.45) is 11.8 Å². The fourth-order valence-electron chi connectivity index (χ4n) is 1.72. The van der Waals surface area contributed by atoms with Crippen molar-refractivity contribution in [1.82, 2.24) is 0 Å². The van der Waals surface area contributed by atoms with Crippen LogP contribution in [-0.2, 0) is 0 Å². The van der Waals surface area contributed by atoms with Gasteiger partial charge in [0, 0.05) is 0 Å². The molecule has 0 N–H and O–H groups in total. The number of hydrogen-bond donors (Lipinski definition) is 0. The Morgan fingerprint density at radius 2 is 1.75 bits per heavy atom. The molecule has 1 radical (unpaired) electrons. The molecule has 0 rings (SSSR count). The summed E-state index contributed by atoms with van der Waals surface area (Å²) in [5.41, 5.74) is 0. The molecule has 0 spiro atoms. The molecule has 0 heterocycles. The Morgan fingerprint density at radius 3 is 2.25 bits per heavy atom. The third-order valence-corrected chi connectivity index (χ3v) is 2.36. The molecule has 2 atom stereocenters. The lowest BCUT2D eigenvalue weighted by molar-refractivity contribution is 0.416. The molecule has 0 amide bonds. The highest BCUT2D eigenvalue weighted by molar-refractivity contribution is 4.60. The number of unbranched alkanes of at least 4 members (excludes halogenated alkanes) is 3. The van der Waals surface area contributed by atoms with Crippen LogP contribution < -0.4 is 0 Å². The topological polar surface area (TPSA) is 0 Å². The van der Waals surface area contributed by atoms with Gasteiger partial charge in [-0.2, -0.15) is 0 Å². The molecule has 0 bridgehead atoms. The van der Waals surface area contributed by atoms with Crippen LogP contribution in [0.5, 0.6) is 0 Å². The Balaban J connectivity index is 3.14. The Bertz CT molecular complexity index is 84.0. The van der Waals surface area contributed by atoms with E-state index in [9.17, 15) is 0 Å². The Hall–Kier alpha value is 0. The van der Waals surface area contributed by atoms with Crippen LogP contribution in [0.2, 0.25) is 0 Å². The highest BCUT2D eigenvalue weighted by Gasteiger charge is 2.03. The maximum atomic E-state index is 4.02. The van der Waals surface area contributed by atoms with Crippen molar-refractivity contribution in [1.29, 1.82) is 0 Å². The zero-order valence-corrected chi connectivity index (χ0v) is 9.10. The fourth-order valence-corrected chi connectivity index (χ4v) is 1.72. The standard InChI is InChI=1S/C12H25/c1-5-6-7-8-9-12(4)10-11(2)3/h11-12H,2,5-10H2,1,3-4H3. The minimum atomic E-state index is 0.631. The van der Waals surface area contributed by atoms with Crippen molar-refractivity contribution in [2.45, 2.75) is 59.3 Å². The predicted octanol–water partition coefficient (Wildman–Crippen LogP) is 4.45. The second kappa shape index (κ2) is 7.64. The van der Waals surface area contributed by atoms with Crippen molar-refractivity contribution in [3.63, 3.8) is 0 Å². The van der Waals surface area contributed by atoms with Crippen molar-refractivity contribution >= 4 is 0 Å². The Kier molecular flexibility index (Phi) is 7.64. The van der Waals surface area contributed by atoms with E-state index in [4.69, 9.17) is 0 Å². The summed E-state index contributed by atoms with van der Waals surface area (Å²) in [6.45, 7) is 10.9. The molecule has 12 heavy (non-hydrogen) atoms. The third kappa shape index (κ3) is 8.10. The first-order valence-corrected chi connectivity index (χ1v) is 5.49. The minimum Gasteiger partial charge on any atom is -0.0654 e. The maximum Gasteiger partial charge on any atom is -0.0440 e. The molecule has 0 fully saturated rings. The Morgan fingerprint density at radius 1 is 1.08 bits per heavy atom. The molecule has 0 aliphatic rings. The summed E-state index contributed by atoms with van der Waals surface area (Å²) < 4.78 is 0. The van der Waals surface area contributed by atoms with Gasteiger partial charge in [0.1, 0.15) is 0 Å². The summed E-state index contributed by atoms with van der Waals surface area (Å²) in [7, 11) is 0. The molecule has 0 heteroatoms. The molecular formula is C12H25. The van der Waals surface area contributed by atoms with Gasteiger partial charge in [0.15, 0.2) is 0 Å². The van der Waals surface area contributed by atoms with E-state index in [1.807, 2.05) is 0 Å². The molecule has 0 aromatic rings. The van der Waals surface area contributed by atoms with E-state index < -0.39 is 0 Å². The predicted molar refractivity (Wildman–Crippen MR) is 57.1 cm³/mol. The fraction of sp³-hybridized carbons (Fsp3) is 0.917. The van der Waals surface area contributed by atoms with E-state index in [0.29, 0.717) is 5.92 Å². The second-order valence-electron chi connectivity index (χ2n) is 4.30. The summed E-state index contributed by atoms with van der Waals surface area (Å²) in [4.78, 5) is 0. The third-order valence-electron chi connectivity index (χ3n) is 2.36. The average Bonchev–Trinajstić information content (AvgIpc) is 1.97. The van der Waals surface area contributed by atoms with E-state index in [1.54, 1.807) is 0 Å². The van der Waals surface area contributed by atoms with Gasteiger partial charge in [0.2, 0.25) is 0 Å². The quantitative estimate of drug-likeness (QED) is 0.494. The van der Waals surface area contributed by atoms with Gasteiger partial charge in [-0.3, -0.25) is 0 Å². The van der Waals surface area contributed by atoms with Gasteiger partial charge in [-0.05, 0) is 18.3 Å². The Labute approximate surface area is 78.8 Å². The highest BCUT2D eigenvalue weighted by atomic mass is 14.1. The van der Waals surface area contributed by atoms with Gasteiger partial charge >= 0.3 is 0 Å². The molecule has 0 aliphatic heterocycles. The smallest absolute Gasteiger partial charge is 0.0440 e. The largest absolute Gasteiger partial charge is 0.0654 e. The van der Waals surface area contributed by atoms with Gasteiger partial charge in [-0.15, -0.1) is 0 Å². The van der Waals surface area contributed by atoms with Gasteiger partial charge < -0.3 is 0 Å². The van der Waals surface area contributed by atoms with Crippen LogP contribution in [0.4, 0.5) is 0 Å². The monoisotopic (exact) mass is 169 g/mol. The lowest BCUT2D eigenvalue weighted by atomic mass is 9.94. The molecule has 0 aromatic carbocycles. The second-order valence-corrected chi connectivity index (χ2v) is 4.30. The summed E-state index contributed by atoms with van der Waals surface area (Å²) in [6, 6.07) is 0. The van der Waals surface area contributed by atoms with Crippen LogP contribution in [0.25, 0.3) is 0 Å². The molecule has 0 nitrogen and oxygen atoms in total. The zero-order valence-electron chi connectivity index (χ0n) is 9.10. The number of hydrogen-bond acceptors (Lipinski definition) is 0. The van der Waals surface area contributed by atoms with Crippen molar-refractivity contribution in [3.05, 3.63) is 6.92 Å². The molecule has 0 aromatic heterocycles. The van der Waals surface area contributed by atoms with E-state index in [0.717, 1.165) is 5.92 Å². The zero-order chi connectivity index (χ0) is 9.40. The molecular weight excluding hydrogens is 144 g/mol. The lowest BCUT2D eigenvalue weighted by Crippen LogP contribution is -1.99. The SMILES string of the molecule is [CH2]C(C)CC(C)CCCCCC. The first-order valence-electron chi connectivity index (χ1n) is 5.49. The normalized spacial score (nSPS) is 13.8. The molecule has 2 unspecified atom stereocenters. The average molecular weight is 169 g/mol. The summed E-state index contributed by atoms with van der Waals surface area (Å²) in [5, 5.41) is 0. The van der Waals surface area contributed by atoms with Gasteiger partial charge in [0.25, 0.3) is 0 Å². The van der Waals surface area contributed by atoms with Crippen LogP contribution in [0.15, 0.2) is 0 Å². The van der Waals surface area contributed by atoms with Crippen LogP contribution in [0, 0.1) is 18.8 Å². The van der Waals surface area contributed by atoms with Crippen LogP contribution in [0.1, 0.15) is 59.3 Å². The molecule has 73 valence electrons. The summed E-state index contributed by atoms with van der Waals surface area (Å²) >= 11 is 0. The molecule has 0 saturated heterocycles. The highest BCUT2D eigenvalue weighted by Crippen LogP contribution is 2.17. The summed E-state index contributed by atoms with van der Waals surface area (Å²) in [5.74, 6) is 1.51. The van der Waals surface area contributed by atoms with E-state index >= 15 is 0 Å². The van der Waals surface area contributed by atoms with Crippen LogP contribution in [0.3, 0.4) is 0 Å². The minimum absolute atomic E-state index is 0.631. The van der Waals surface area contributed by atoms with Crippen LogP contribution >= 0.6 is 0 Å². The van der Waals surface area contributed by atoms with E-state index in [1.165, 1.54) is 38.5 Å². The molecule has 0 aliphatic carbocycles. The van der Waals surface area contributed by atoms with Crippen LogP contribution in [-0.4, -0.2) is 0 Å². The van der Waals surface area contributed by atoms with Gasteiger partial charge in [0.05, 0.1) is 0 Å². The van der Waals surface area contributed by atoms with E-state index in [2.05, 4.69) is 27.7 Å². The number of rotatable bonds is 7. The first-order chi connectivity index (χ1) is 5.66. The van der Waals surface area contributed by atoms with Crippen molar-refractivity contribution in [3.8, 4) is 0 Å². The summed E-state index contributed by atoms with van der Waals surface area (Å²) in [6.07, 6.45) is 8.30. The van der Waals surface area contributed by atoms with Crippen molar-refractivity contribution in [2.75, 3.05) is 0 Å².